The van der Waals surface area contributed by atoms with Crippen molar-refractivity contribution in [3.8, 4) is 45.0 Å². The number of aromatic nitrogens is 13. The number of hydrogen-bond donors (Lipinski definition) is 1. The molecule has 0 bridgehead atoms. The molecule has 10 heterocycles. The Morgan fingerprint density at radius 1 is 0.336 bits per heavy atom. The molecule has 8 fully saturated rings. The van der Waals surface area contributed by atoms with Crippen molar-refractivity contribution in [2.45, 2.75) is 321 Å². The van der Waals surface area contributed by atoms with Crippen molar-refractivity contribution < 1.29 is 47.6 Å². The first-order valence-electron chi connectivity index (χ1n) is 54.6. The zero-order valence-electron chi connectivity index (χ0n) is 91.4. The molecule has 24 heteroatoms. The quantitative estimate of drug-likeness (QED) is 0.127. The van der Waals surface area contributed by atoms with E-state index in [1.807, 2.05) is 61.3 Å². The number of aliphatic hydroxyl groups excluding tert-OH is 1. The number of aliphatic hydroxyl groups is 1. The Morgan fingerprint density at radius 3 is 1.03 bits per heavy atom. The van der Waals surface area contributed by atoms with Gasteiger partial charge in [0.2, 0.25) is 0 Å². The molecule has 5 saturated carbocycles. The second kappa shape index (κ2) is 36.4. The van der Waals surface area contributed by atoms with E-state index in [1.165, 1.54) is 125 Å². The van der Waals surface area contributed by atoms with Gasteiger partial charge in [0, 0.05) is 200 Å². The van der Waals surface area contributed by atoms with Crippen LogP contribution in [0.1, 0.15) is 300 Å². The number of allylic oxidation sites excluding steroid dienone is 1. The van der Waals surface area contributed by atoms with Crippen molar-refractivity contribution in [2.75, 3.05) is 39.6 Å². The SMILES string of the molecule is Cn1cc2c(n1)[C@@]1(C)CCC3(OCCO3)C(C)(C)[C@@H]1CC2.Cn1nc2c(c1-c1ccccc1)CC[C@H]1C(C)(C)C(=O)/C(=C\O)C[C@]21C.Cn1nc2c(c1-c1ccccc1)CC[C@H]1C(C)(C)C(=O)CC[C@]21C.Cn1nc2c(c1-c1ccccc1)CC[C@H]1C(C)(C)C3(CC[C@]21C)OCCO3.Cn1nc2c(c1-c1ccccc1)CC[C@H]1C(C)(C)c3oncc3C[C@]21C.Cn1nc2c(c1Br)CC[C@H]1C(C)(C)C3(CC[C@]21C)OCCO3. The lowest BCUT2D eigenvalue weighted by atomic mass is 9.49. The predicted molar refractivity (Wildman–Crippen MR) is 572 cm³/mol. The minimum atomic E-state index is -0.496. The molecule has 23 nitrogen and oxygen atoms in total. The maximum absolute atomic E-state index is 12.8. The Morgan fingerprint density at radius 2 is 0.651 bits per heavy atom. The van der Waals surface area contributed by atoms with Crippen LogP contribution in [0.5, 0.6) is 0 Å². The molecule has 4 aromatic carbocycles. The molecular formula is C122H158BrN13O10. The standard InChI is InChI=1S/C23H30N2O2.C22H25N3O.C22H26N2O2.C21H26N2O.C17H25BrN2O2.C17H26N2O2/c1-21(2)18-11-10-17-19(16-8-6-5-7-9-16)25(4)24-20(17)22(18,3)12-13-23(21)26-14-15-27-23;1-21(2)17-11-10-16-18(14-8-6-5-7-9-14)25(4)24-19(16)22(17,3)12-15-13-23-26-20(15)21;1-21(2)17-11-10-16-18(14-8-6-5-7-9-14)24(4)23-19(16)22(17,3)12-15(13-25)20(21)26;1-20(2)16-11-10-15-18(14-8-6-5-7-9-14)23(4)22-19(15)21(16,3)13-12-17(20)24;1-15(2)12-6-5-11-13(19-20(4)14(11)18)16(12,3)7-8-17(15)21-9-10-22-17;1-15(2)13-6-5-12-11-19(4)18-14(12)16(13,3)7-8-17(15)20-9-10-21-17/h5-9,18H,10-15H2,1-4H3;5-9,13,17H,10-12H2,1-4H3;5-9,13,17,25H,10-12H2,1-4H3;5-9,16H,10-13H2,1-4H3;12H,5-10H2,1-4H3;11,13H,5-10H2,1-4H3/b;;15-13-;;;/t18-,22-;2*17-,22-;16-,21-;12-,16-;13-,16-/m000000/s1. The van der Waals surface area contributed by atoms with Crippen LogP contribution in [0, 0.1) is 62.6 Å². The molecule has 0 radical (unpaired) electrons. The van der Waals surface area contributed by atoms with Gasteiger partial charge in [0.1, 0.15) is 16.1 Å². The summed E-state index contributed by atoms with van der Waals surface area (Å²) in [5, 5.41) is 43.6. The lowest BCUT2D eigenvalue weighted by Gasteiger charge is -2.59. The number of nitrogens with zero attached hydrogens (tertiary/aromatic N) is 13. The molecule has 3 spiro atoms. The highest BCUT2D eigenvalue weighted by atomic mass is 79.9. The van der Waals surface area contributed by atoms with Gasteiger partial charge >= 0.3 is 0 Å². The van der Waals surface area contributed by atoms with Crippen LogP contribution in [0.3, 0.4) is 0 Å². The summed E-state index contributed by atoms with van der Waals surface area (Å²) in [4.78, 5) is 25.3. The molecule has 0 unspecified atom stereocenters. The van der Waals surface area contributed by atoms with E-state index in [4.69, 9.17) is 63.5 Å². The summed E-state index contributed by atoms with van der Waals surface area (Å²) in [5.41, 5.74) is 26.9. The second-order valence-electron chi connectivity index (χ2n) is 50.8. The van der Waals surface area contributed by atoms with Crippen molar-refractivity contribution >= 4 is 27.5 Å². The largest absolute Gasteiger partial charge is 0.515 e. The molecule has 778 valence electrons. The van der Waals surface area contributed by atoms with Gasteiger partial charge in [-0.05, 0) is 173 Å². The molecule has 3 saturated heterocycles. The molecule has 12 atom stereocenters. The van der Waals surface area contributed by atoms with Gasteiger partial charge in [-0.25, -0.2) is 0 Å². The topological polar surface area (TPSA) is 243 Å². The highest BCUT2D eigenvalue weighted by Gasteiger charge is 2.69. The molecule has 0 amide bonds. The average Bonchev–Trinajstić information content (AvgIpc) is 1.36. The first-order chi connectivity index (χ1) is 69.2. The van der Waals surface area contributed by atoms with Gasteiger partial charge < -0.3 is 38.1 Å². The van der Waals surface area contributed by atoms with Crippen LogP contribution in [0.4, 0.5) is 0 Å². The normalized spacial score (nSPS) is 30.7. The number of fused-ring (bicyclic) bond motifs is 19. The Hall–Kier alpha value is -9.53. The van der Waals surface area contributed by atoms with E-state index in [1.54, 1.807) is 0 Å². The highest BCUT2D eigenvalue weighted by Crippen LogP contribution is 2.69. The van der Waals surface area contributed by atoms with Crippen LogP contribution in [0.2, 0.25) is 0 Å². The maximum Gasteiger partial charge on any atom is 0.173 e. The zero-order chi connectivity index (χ0) is 103. The molecule has 1 N–H and O–H groups in total. The first-order valence-corrected chi connectivity index (χ1v) is 55.4. The summed E-state index contributed by atoms with van der Waals surface area (Å²) in [6.07, 6.45) is 27.4. The van der Waals surface area contributed by atoms with E-state index in [0.29, 0.717) is 53.8 Å². The first kappa shape index (κ1) is 102. The lowest BCUT2D eigenvalue weighted by Crippen LogP contribution is -2.61. The fraction of sp³-hybridized carbons (Fsp3) is 0.598. The Balaban J connectivity index is 0.000000103. The molecule has 26 rings (SSSR count). The fourth-order valence-electron chi connectivity index (χ4n) is 33.9. The van der Waals surface area contributed by atoms with Gasteiger partial charge in [0.05, 0.1) is 109 Å². The van der Waals surface area contributed by atoms with Crippen LogP contribution in [0.25, 0.3) is 45.0 Å². The van der Waals surface area contributed by atoms with Gasteiger partial charge in [-0.3, -0.25) is 37.7 Å². The van der Waals surface area contributed by atoms with Crippen molar-refractivity contribution in [3.05, 3.63) is 229 Å². The Kier molecular flexibility index (Phi) is 25.5. The summed E-state index contributed by atoms with van der Waals surface area (Å²) < 4.78 is 56.1. The number of ether oxygens (including phenoxy) is 6. The van der Waals surface area contributed by atoms with Crippen molar-refractivity contribution in [2.24, 2.45) is 105 Å². The molecule has 11 aromatic rings. The third-order valence-electron chi connectivity index (χ3n) is 41.0. The van der Waals surface area contributed by atoms with Crippen LogP contribution in [-0.4, -0.2) is 138 Å². The number of rotatable bonds is 4. The molecule has 3 aliphatic heterocycles. The fourth-order valence-corrected chi connectivity index (χ4v) is 34.4. The molecule has 15 aliphatic rings. The van der Waals surface area contributed by atoms with E-state index in [0.717, 1.165) is 178 Å². The van der Waals surface area contributed by atoms with Crippen LogP contribution >= 0.6 is 15.9 Å². The van der Waals surface area contributed by atoms with Crippen LogP contribution < -0.4 is 0 Å². The average molecular weight is 2050 g/mol. The van der Waals surface area contributed by atoms with E-state index < -0.39 is 11.2 Å². The minimum Gasteiger partial charge on any atom is -0.515 e. The second-order valence-corrected chi connectivity index (χ2v) is 51.5. The van der Waals surface area contributed by atoms with Crippen molar-refractivity contribution in [3.63, 3.8) is 0 Å². The monoisotopic (exact) mass is 2040 g/mol. The lowest BCUT2D eigenvalue weighted by molar-refractivity contribution is -0.276. The van der Waals surface area contributed by atoms with Gasteiger partial charge in [0.15, 0.2) is 23.1 Å². The van der Waals surface area contributed by atoms with Gasteiger partial charge in [-0.15, -0.1) is 0 Å². The third-order valence-corrected chi connectivity index (χ3v) is 42.0. The number of carbonyl (C=O) groups excluding carboxylic acids is 2. The smallest absolute Gasteiger partial charge is 0.173 e. The minimum absolute atomic E-state index is 0.00180. The molecule has 146 heavy (non-hydrogen) atoms. The van der Waals surface area contributed by atoms with Gasteiger partial charge in [-0.2, -0.15) is 30.6 Å². The molecule has 12 aliphatic carbocycles. The van der Waals surface area contributed by atoms with Crippen molar-refractivity contribution in [1.82, 2.24) is 63.8 Å². The number of carbonyl (C=O) groups is 2. The summed E-state index contributed by atoms with van der Waals surface area (Å²) in [6.45, 7) is 45.6. The number of hydrogen-bond acceptors (Lipinski definition) is 17. The van der Waals surface area contributed by atoms with E-state index in [9.17, 15) is 14.7 Å². The Labute approximate surface area is 873 Å². The zero-order valence-corrected chi connectivity index (χ0v) is 92.9. The van der Waals surface area contributed by atoms with Crippen LogP contribution in [-0.2, 0) is 163 Å². The van der Waals surface area contributed by atoms with E-state index in [-0.39, 0.29) is 82.8 Å². The third kappa shape index (κ3) is 15.5. The number of ketones is 2. The van der Waals surface area contributed by atoms with Gasteiger partial charge in [-0.1, -0.05) is 251 Å². The van der Waals surface area contributed by atoms with Gasteiger partial charge in [0.25, 0.3) is 0 Å². The maximum atomic E-state index is 12.8. The van der Waals surface area contributed by atoms with E-state index >= 15 is 0 Å². The van der Waals surface area contributed by atoms with Crippen molar-refractivity contribution in [1.29, 1.82) is 0 Å². The van der Waals surface area contributed by atoms with Crippen LogP contribution in [0.15, 0.2) is 155 Å². The molecular weight excluding hydrogens is 1890 g/mol. The predicted octanol–water partition coefficient (Wildman–Crippen LogP) is 23.9. The Bertz CT molecular complexity index is 6820. The summed E-state index contributed by atoms with van der Waals surface area (Å²) >= 11 is 3.72. The molecule has 7 aromatic heterocycles. The summed E-state index contributed by atoms with van der Waals surface area (Å²) in [6, 6.07) is 42.3. The highest BCUT2D eigenvalue weighted by molar-refractivity contribution is 9.10. The number of halogens is 1. The summed E-state index contributed by atoms with van der Waals surface area (Å²) in [5.74, 6) is 3.09. The van der Waals surface area contributed by atoms with E-state index in [2.05, 4.69) is 289 Å². The number of aryl methyl sites for hydroxylation is 7. The number of benzene rings is 4. The number of Topliss-reactive ketones (excluding diaryl/α,β-unsaturated/α-hetero) is 2. The summed E-state index contributed by atoms with van der Waals surface area (Å²) in [7, 11) is 12.3.